The number of ether oxygens (including phenoxy) is 1. The predicted molar refractivity (Wildman–Crippen MR) is 81.2 cm³/mol. The van der Waals surface area contributed by atoms with Gasteiger partial charge in [-0.1, -0.05) is 0 Å². The lowest BCUT2D eigenvalue weighted by Gasteiger charge is -2.37. The van der Waals surface area contributed by atoms with Crippen molar-refractivity contribution < 1.29 is 14.3 Å². The third-order valence-electron chi connectivity index (χ3n) is 3.70. The van der Waals surface area contributed by atoms with Crippen LogP contribution in [0.3, 0.4) is 0 Å². The first-order valence-electron chi connectivity index (χ1n) is 7.65. The summed E-state index contributed by atoms with van der Waals surface area (Å²) in [7, 11) is 1.63. The number of rotatable bonds is 7. The SMILES string of the molecule is CCN(CC)C(=O)N1CCN(C(=O)CNCCOC)CC1. The smallest absolute Gasteiger partial charge is 0.320 e. The number of carbonyl (C=O) groups excluding carboxylic acids is 2. The predicted octanol–water partition coefficient (Wildman–Crippen LogP) is -0.172. The topological polar surface area (TPSA) is 65.1 Å². The Labute approximate surface area is 127 Å². The highest BCUT2D eigenvalue weighted by Crippen LogP contribution is 2.06. The molecule has 0 aliphatic carbocycles. The van der Waals surface area contributed by atoms with Crippen molar-refractivity contribution in [3.63, 3.8) is 0 Å². The van der Waals surface area contributed by atoms with Crippen LogP contribution in [0.2, 0.25) is 0 Å². The summed E-state index contributed by atoms with van der Waals surface area (Å²) in [5.74, 6) is 0.0843. The molecule has 1 rings (SSSR count). The Balaban J connectivity index is 2.31. The van der Waals surface area contributed by atoms with E-state index in [-0.39, 0.29) is 11.9 Å². The van der Waals surface area contributed by atoms with E-state index in [0.717, 1.165) is 13.1 Å². The highest BCUT2D eigenvalue weighted by atomic mass is 16.5. The zero-order valence-corrected chi connectivity index (χ0v) is 13.4. The van der Waals surface area contributed by atoms with Gasteiger partial charge < -0.3 is 24.8 Å². The van der Waals surface area contributed by atoms with Crippen molar-refractivity contribution >= 4 is 11.9 Å². The fraction of sp³-hybridized carbons (Fsp3) is 0.857. The second-order valence-corrected chi connectivity index (χ2v) is 4.99. The lowest BCUT2D eigenvalue weighted by Crippen LogP contribution is -2.55. The summed E-state index contributed by atoms with van der Waals surface area (Å²) in [6.45, 7) is 9.43. The van der Waals surface area contributed by atoms with Crippen LogP contribution in [0.4, 0.5) is 4.79 Å². The van der Waals surface area contributed by atoms with Crippen molar-refractivity contribution in [1.29, 1.82) is 0 Å². The van der Waals surface area contributed by atoms with E-state index in [4.69, 9.17) is 4.74 Å². The summed E-state index contributed by atoms with van der Waals surface area (Å²) in [6.07, 6.45) is 0. The van der Waals surface area contributed by atoms with Gasteiger partial charge in [0.15, 0.2) is 0 Å². The average molecular weight is 300 g/mol. The van der Waals surface area contributed by atoms with Gasteiger partial charge in [0.2, 0.25) is 5.91 Å². The molecular weight excluding hydrogens is 272 g/mol. The number of carbonyl (C=O) groups is 2. The number of amides is 3. The van der Waals surface area contributed by atoms with E-state index < -0.39 is 0 Å². The normalized spacial score (nSPS) is 15.2. The van der Waals surface area contributed by atoms with Gasteiger partial charge in [-0.15, -0.1) is 0 Å². The van der Waals surface area contributed by atoms with Crippen LogP contribution >= 0.6 is 0 Å². The maximum atomic E-state index is 12.2. The van der Waals surface area contributed by atoms with Crippen LogP contribution in [-0.4, -0.2) is 92.7 Å². The second-order valence-electron chi connectivity index (χ2n) is 4.99. The highest BCUT2D eigenvalue weighted by molar-refractivity contribution is 5.79. The third-order valence-corrected chi connectivity index (χ3v) is 3.70. The zero-order valence-electron chi connectivity index (χ0n) is 13.4. The Bertz CT molecular complexity index is 326. The summed E-state index contributed by atoms with van der Waals surface area (Å²) in [4.78, 5) is 29.6. The first-order valence-corrected chi connectivity index (χ1v) is 7.65. The standard InChI is InChI=1S/C14H28N4O3/c1-4-16(5-2)14(20)18-9-7-17(8-10-18)13(19)12-15-6-11-21-3/h15H,4-12H2,1-3H3. The molecule has 0 atom stereocenters. The van der Waals surface area contributed by atoms with Crippen molar-refractivity contribution in [2.24, 2.45) is 0 Å². The molecule has 0 radical (unpaired) electrons. The quantitative estimate of drug-likeness (QED) is 0.663. The zero-order chi connectivity index (χ0) is 15.7. The van der Waals surface area contributed by atoms with E-state index in [1.54, 1.807) is 7.11 Å². The molecule has 0 aromatic rings. The maximum absolute atomic E-state index is 12.2. The number of nitrogens with one attached hydrogen (secondary N) is 1. The first-order chi connectivity index (χ1) is 10.1. The Morgan fingerprint density at radius 1 is 1.10 bits per heavy atom. The van der Waals surface area contributed by atoms with Gasteiger partial charge in [-0.2, -0.15) is 0 Å². The van der Waals surface area contributed by atoms with Gasteiger partial charge in [-0.05, 0) is 13.8 Å². The summed E-state index contributed by atoms with van der Waals surface area (Å²) in [5, 5.41) is 3.05. The molecule has 122 valence electrons. The molecule has 0 saturated carbocycles. The molecule has 1 fully saturated rings. The first kappa shape index (κ1) is 17.7. The number of hydrogen-bond acceptors (Lipinski definition) is 4. The summed E-state index contributed by atoms with van der Waals surface area (Å²) in [5.41, 5.74) is 0. The van der Waals surface area contributed by atoms with Crippen molar-refractivity contribution in [2.45, 2.75) is 13.8 Å². The molecule has 7 nitrogen and oxygen atoms in total. The van der Waals surface area contributed by atoms with Crippen LogP contribution in [0, 0.1) is 0 Å². The molecule has 1 aliphatic rings. The Hall–Kier alpha value is -1.34. The second kappa shape index (κ2) is 9.57. The van der Waals surface area contributed by atoms with Crippen molar-refractivity contribution in [3.8, 4) is 0 Å². The number of nitrogens with zero attached hydrogens (tertiary/aromatic N) is 3. The fourth-order valence-electron chi connectivity index (χ4n) is 2.32. The monoisotopic (exact) mass is 300 g/mol. The number of hydrogen-bond donors (Lipinski definition) is 1. The van der Waals surface area contributed by atoms with E-state index >= 15 is 0 Å². The van der Waals surface area contributed by atoms with Gasteiger partial charge in [-0.25, -0.2) is 4.79 Å². The van der Waals surface area contributed by atoms with E-state index in [1.165, 1.54) is 0 Å². The minimum Gasteiger partial charge on any atom is -0.383 e. The fourth-order valence-corrected chi connectivity index (χ4v) is 2.32. The largest absolute Gasteiger partial charge is 0.383 e. The van der Waals surface area contributed by atoms with E-state index in [2.05, 4.69) is 5.32 Å². The Kier molecular flexibility index (Phi) is 8.07. The van der Waals surface area contributed by atoms with Gasteiger partial charge in [0.25, 0.3) is 0 Å². The van der Waals surface area contributed by atoms with Crippen LogP contribution in [0.5, 0.6) is 0 Å². The Morgan fingerprint density at radius 3 is 2.19 bits per heavy atom. The molecule has 3 amide bonds. The van der Waals surface area contributed by atoms with Crippen molar-refractivity contribution in [1.82, 2.24) is 20.0 Å². The summed E-state index contributed by atoms with van der Waals surface area (Å²) < 4.78 is 4.92. The Morgan fingerprint density at radius 2 is 1.67 bits per heavy atom. The molecule has 0 bridgehead atoms. The molecule has 1 aliphatic heterocycles. The van der Waals surface area contributed by atoms with Crippen LogP contribution in [0.1, 0.15) is 13.8 Å². The molecule has 21 heavy (non-hydrogen) atoms. The molecule has 1 heterocycles. The van der Waals surface area contributed by atoms with Crippen LogP contribution in [0.15, 0.2) is 0 Å². The number of methoxy groups -OCH3 is 1. The van der Waals surface area contributed by atoms with Gasteiger partial charge in [-0.3, -0.25) is 4.79 Å². The van der Waals surface area contributed by atoms with Gasteiger partial charge >= 0.3 is 6.03 Å². The average Bonchev–Trinajstić information content (AvgIpc) is 2.52. The summed E-state index contributed by atoms with van der Waals surface area (Å²) in [6, 6.07) is 0.0744. The minimum absolute atomic E-state index is 0.0744. The lowest BCUT2D eigenvalue weighted by atomic mass is 10.3. The minimum atomic E-state index is 0.0744. The third kappa shape index (κ3) is 5.51. The number of piperazine rings is 1. The molecule has 0 aromatic heterocycles. The lowest BCUT2D eigenvalue weighted by molar-refractivity contribution is -0.131. The van der Waals surface area contributed by atoms with E-state index in [9.17, 15) is 9.59 Å². The van der Waals surface area contributed by atoms with Crippen molar-refractivity contribution in [2.75, 3.05) is 66.1 Å². The molecule has 1 saturated heterocycles. The van der Waals surface area contributed by atoms with Crippen molar-refractivity contribution in [3.05, 3.63) is 0 Å². The summed E-state index contributed by atoms with van der Waals surface area (Å²) >= 11 is 0. The van der Waals surface area contributed by atoms with E-state index in [0.29, 0.717) is 45.9 Å². The molecule has 0 unspecified atom stereocenters. The highest BCUT2D eigenvalue weighted by Gasteiger charge is 2.25. The molecule has 0 spiro atoms. The number of urea groups is 1. The van der Waals surface area contributed by atoms with Gasteiger partial charge in [0, 0.05) is 52.9 Å². The molecule has 7 heteroatoms. The van der Waals surface area contributed by atoms with Crippen LogP contribution in [-0.2, 0) is 9.53 Å². The van der Waals surface area contributed by atoms with Gasteiger partial charge in [0.05, 0.1) is 13.2 Å². The molecular formula is C14H28N4O3. The maximum Gasteiger partial charge on any atom is 0.320 e. The van der Waals surface area contributed by atoms with Crippen LogP contribution < -0.4 is 5.32 Å². The van der Waals surface area contributed by atoms with Crippen LogP contribution in [0.25, 0.3) is 0 Å². The van der Waals surface area contributed by atoms with E-state index in [1.807, 2.05) is 28.5 Å². The molecule has 1 N–H and O–H groups in total. The molecule has 0 aromatic carbocycles. The van der Waals surface area contributed by atoms with Gasteiger partial charge in [0.1, 0.15) is 0 Å².